The van der Waals surface area contributed by atoms with Crippen molar-refractivity contribution in [3.63, 3.8) is 0 Å². The van der Waals surface area contributed by atoms with Crippen LogP contribution in [-0.2, 0) is 13.0 Å². The lowest BCUT2D eigenvalue weighted by Crippen LogP contribution is -2.37. The molecule has 27 heavy (non-hydrogen) atoms. The van der Waals surface area contributed by atoms with Crippen LogP contribution in [0.4, 0.5) is 0 Å². The van der Waals surface area contributed by atoms with Gasteiger partial charge in [0.15, 0.2) is 17.5 Å². The minimum atomic E-state index is 0.292. The minimum absolute atomic E-state index is 0.292. The minimum Gasteiger partial charge on any atom is -0.454 e. The summed E-state index contributed by atoms with van der Waals surface area (Å²) in [5.74, 6) is 3.38. The summed E-state index contributed by atoms with van der Waals surface area (Å²) >= 11 is 0. The predicted molar refractivity (Wildman–Crippen MR) is 105 cm³/mol. The van der Waals surface area contributed by atoms with Gasteiger partial charge in [-0.1, -0.05) is 18.2 Å². The van der Waals surface area contributed by atoms with E-state index in [0.717, 1.165) is 59.3 Å². The molecule has 0 bridgehead atoms. The standard InChI is InChI=1S/C20H23N5O2/c1-21-20(23-12-14-8-9-17-18(11-14)27-13-26-17)22-10-4-7-19-24-15-5-2-3-6-16(15)25-19/h2-3,5-6,8-9,11H,4,7,10,12-13H2,1H3,(H,24,25)(H2,21,22,23). The van der Waals surface area contributed by atoms with E-state index in [4.69, 9.17) is 9.47 Å². The fourth-order valence-corrected chi connectivity index (χ4v) is 3.04. The van der Waals surface area contributed by atoms with Gasteiger partial charge >= 0.3 is 0 Å². The Morgan fingerprint density at radius 3 is 2.93 bits per heavy atom. The summed E-state index contributed by atoms with van der Waals surface area (Å²) in [4.78, 5) is 12.2. The van der Waals surface area contributed by atoms with Gasteiger partial charge in [0.2, 0.25) is 6.79 Å². The van der Waals surface area contributed by atoms with Gasteiger partial charge in [-0.3, -0.25) is 4.99 Å². The first-order valence-electron chi connectivity index (χ1n) is 9.08. The van der Waals surface area contributed by atoms with E-state index in [2.05, 4.69) is 25.6 Å². The number of imidazole rings is 1. The zero-order valence-electron chi connectivity index (χ0n) is 15.3. The van der Waals surface area contributed by atoms with Crippen LogP contribution in [0.5, 0.6) is 11.5 Å². The van der Waals surface area contributed by atoms with E-state index in [9.17, 15) is 0 Å². The van der Waals surface area contributed by atoms with E-state index in [1.54, 1.807) is 7.05 Å². The maximum atomic E-state index is 5.41. The third-order valence-corrected chi connectivity index (χ3v) is 4.44. The van der Waals surface area contributed by atoms with Gasteiger partial charge in [-0.05, 0) is 36.2 Å². The van der Waals surface area contributed by atoms with Gasteiger partial charge in [-0.15, -0.1) is 0 Å². The molecule has 2 heterocycles. The van der Waals surface area contributed by atoms with Crippen LogP contribution in [0.1, 0.15) is 17.8 Å². The molecule has 7 heteroatoms. The number of nitrogens with one attached hydrogen (secondary N) is 3. The second-order valence-electron chi connectivity index (χ2n) is 6.34. The Morgan fingerprint density at radius 2 is 2.04 bits per heavy atom. The molecule has 0 saturated heterocycles. The lowest BCUT2D eigenvalue weighted by molar-refractivity contribution is 0.174. The second kappa shape index (κ2) is 7.99. The molecule has 1 aromatic heterocycles. The first kappa shape index (κ1) is 17.2. The first-order valence-corrected chi connectivity index (χ1v) is 9.08. The van der Waals surface area contributed by atoms with Crippen LogP contribution < -0.4 is 20.1 Å². The van der Waals surface area contributed by atoms with Crippen molar-refractivity contribution >= 4 is 17.0 Å². The van der Waals surface area contributed by atoms with Crippen molar-refractivity contribution in [3.05, 3.63) is 53.9 Å². The Labute approximate surface area is 157 Å². The van der Waals surface area contributed by atoms with Crippen molar-refractivity contribution in [1.29, 1.82) is 0 Å². The highest BCUT2D eigenvalue weighted by Gasteiger charge is 2.13. The van der Waals surface area contributed by atoms with Gasteiger partial charge in [0.05, 0.1) is 11.0 Å². The van der Waals surface area contributed by atoms with Crippen LogP contribution in [0.25, 0.3) is 11.0 Å². The van der Waals surface area contributed by atoms with Crippen LogP contribution in [0.2, 0.25) is 0 Å². The van der Waals surface area contributed by atoms with Crippen molar-refractivity contribution in [2.75, 3.05) is 20.4 Å². The number of rotatable bonds is 6. The summed E-state index contributed by atoms with van der Waals surface area (Å²) < 4.78 is 10.7. The van der Waals surface area contributed by atoms with Crippen molar-refractivity contribution in [3.8, 4) is 11.5 Å². The van der Waals surface area contributed by atoms with Gasteiger partial charge in [0.25, 0.3) is 0 Å². The van der Waals surface area contributed by atoms with E-state index in [1.807, 2.05) is 42.5 Å². The van der Waals surface area contributed by atoms with Crippen LogP contribution >= 0.6 is 0 Å². The van der Waals surface area contributed by atoms with Crippen molar-refractivity contribution < 1.29 is 9.47 Å². The monoisotopic (exact) mass is 365 g/mol. The molecule has 1 aliphatic rings. The van der Waals surface area contributed by atoms with E-state index in [1.165, 1.54) is 0 Å². The normalized spacial score (nSPS) is 13.1. The Bertz CT molecular complexity index is 917. The third-order valence-electron chi connectivity index (χ3n) is 4.44. The average molecular weight is 365 g/mol. The summed E-state index contributed by atoms with van der Waals surface area (Å²) in [6.07, 6.45) is 1.85. The van der Waals surface area contributed by atoms with Crippen molar-refractivity contribution in [2.45, 2.75) is 19.4 Å². The van der Waals surface area contributed by atoms with Crippen LogP contribution in [0.3, 0.4) is 0 Å². The SMILES string of the molecule is CN=C(NCCCc1nc2ccccc2[nH]1)NCc1ccc2c(c1)OCO2. The summed E-state index contributed by atoms with van der Waals surface area (Å²) in [5, 5.41) is 6.65. The summed E-state index contributed by atoms with van der Waals surface area (Å²) in [6.45, 7) is 1.78. The molecule has 7 nitrogen and oxygen atoms in total. The van der Waals surface area contributed by atoms with E-state index in [0.29, 0.717) is 13.3 Å². The second-order valence-corrected chi connectivity index (χ2v) is 6.34. The molecular weight excluding hydrogens is 342 g/mol. The predicted octanol–water partition coefficient (Wildman–Crippen LogP) is 2.59. The zero-order chi connectivity index (χ0) is 18.5. The Hall–Kier alpha value is -3.22. The molecule has 0 atom stereocenters. The van der Waals surface area contributed by atoms with Gasteiger partial charge in [0, 0.05) is 26.6 Å². The number of para-hydroxylation sites is 2. The molecule has 0 aliphatic carbocycles. The zero-order valence-corrected chi connectivity index (χ0v) is 15.3. The smallest absolute Gasteiger partial charge is 0.231 e. The molecule has 1 aliphatic heterocycles. The maximum Gasteiger partial charge on any atom is 0.231 e. The van der Waals surface area contributed by atoms with Gasteiger partial charge < -0.3 is 25.1 Å². The third kappa shape index (κ3) is 4.13. The number of H-pyrrole nitrogens is 1. The van der Waals surface area contributed by atoms with Crippen LogP contribution in [0, 0.1) is 0 Å². The molecule has 0 saturated carbocycles. The molecular formula is C20H23N5O2. The van der Waals surface area contributed by atoms with Crippen LogP contribution in [0.15, 0.2) is 47.5 Å². The number of aliphatic imine (C=N–C) groups is 1. The lowest BCUT2D eigenvalue weighted by Gasteiger charge is -2.12. The number of benzene rings is 2. The van der Waals surface area contributed by atoms with Gasteiger partial charge in [0.1, 0.15) is 5.82 Å². The first-order chi connectivity index (χ1) is 13.3. The van der Waals surface area contributed by atoms with Gasteiger partial charge in [-0.2, -0.15) is 0 Å². The van der Waals surface area contributed by atoms with E-state index >= 15 is 0 Å². The van der Waals surface area contributed by atoms with Crippen molar-refractivity contribution in [2.24, 2.45) is 4.99 Å². The number of guanidine groups is 1. The molecule has 0 radical (unpaired) electrons. The summed E-state index contributed by atoms with van der Waals surface area (Å²) in [5.41, 5.74) is 3.22. The lowest BCUT2D eigenvalue weighted by atomic mass is 10.2. The van der Waals surface area contributed by atoms with Crippen LogP contribution in [-0.4, -0.2) is 36.3 Å². The van der Waals surface area contributed by atoms with E-state index < -0.39 is 0 Å². The molecule has 0 unspecified atom stereocenters. The molecule has 0 amide bonds. The van der Waals surface area contributed by atoms with E-state index in [-0.39, 0.29) is 0 Å². The van der Waals surface area contributed by atoms with Crippen molar-refractivity contribution in [1.82, 2.24) is 20.6 Å². The maximum absolute atomic E-state index is 5.41. The number of hydrogen-bond acceptors (Lipinski definition) is 4. The highest BCUT2D eigenvalue weighted by Crippen LogP contribution is 2.32. The summed E-state index contributed by atoms with van der Waals surface area (Å²) in [7, 11) is 1.77. The molecule has 0 fully saturated rings. The summed E-state index contributed by atoms with van der Waals surface area (Å²) in [6, 6.07) is 14.0. The number of nitrogens with zero attached hydrogens (tertiary/aromatic N) is 2. The highest BCUT2D eigenvalue weighted by atomic mass is 16.7. The largest absolute Gasteiger partial charge is 0.454 e. The topological polar surface area (TPSA) is 83.6 Å². The molecule has 0 spiro atoms. The fourth-order valence-electron chi connectivity index (χ4n) is 3.04. The number of fused-ring (bicyclic) bond motifs is 2. The molecule has 2 aromatic carbocycles. The molecule has 4 rings (SSSR count). The number of ether oxygens (including phenoxy) is 2. The number of hydrogen-bond donors (Lipinski definition) is 3. The highest BCUT2D eigenvalue weighted by molar-refractivity contribution is 5.79. The molecule has 3 N–H and O–H groups in total. The number of aryl methyl sites for hydroxylation is 1. The quantitative estimate of drug-likeness (QED) is 0.355. The van der Waals surface area contributed by atoms with Gasteiger partial charge in [-0.25, -0.2) is 4.98 Å². The fraction of sp³-hybridized carbons (Fsp3) is 0.300. The Morgan fingerprint density at radius 1 is 1.15 bits per heavy atom. The number of aromatic amines is 1. The molecule has 3 aromatic rings. The Balaban J connectivity index is 1.22. The average Bonchev–Trinajstić information content (AvgIpc) is 3.33. The number of aromatic nitrogens is 2. The molecule has 140 valence electrons. The Kier molecular flexibility index (Phi) is 5.09.